The maximum Gasteiger partial charge on any atom is 0.226 e. The van der Waals surface area contributed by atoms with Gasteiger partial charge in [0.25, 0.3) is 0 Å². The van der Waals surface area contributed by atoms with E-state index in [1.165, 1.54) is 6.07 Å². The topological polar surface area (TPSA) is 46.9 Å². The van der Waals surface area contributed by atoms with E-state index in [9.17, 15) is 9.18 Å². The number of nitrogens with one attached hydrogen (secondary N) is 1. The quantitative estimate of drug-likeness (QED) is 0.869. The Kier molecular flexibility index (Phi) is 3.12. The number of nitrogens with zero attached hydrogens (tertiary/aromatic N) is 2. The number of hydrogen-bond acceptors (Lipinski definition) is 2. The molecule has 4 nitrogen and oxygen atoms in total. The molecule has 0 spiro atoms. The molecule has 1 aromatic heterocycles. The minimum Gasteiger partial charge on any atom is -0.311 e. The number of amides is 1. The molecule has 6 heteroatoms. The smallest absolute Gasteiger partial charge is 0.226 e. The van der Waals surface area contributed by atoms with Gasteiger partial charge in [-0.25, -0.2) is 4.39 Å². The van der Waals surface area contributed by atoms with Gasteiger partial charge in [0.15, 0.2) is 0 Å². The Morgan fingerprint density at radius 3 is 3.00 bits per heavy atom. The van der Waals surface area contributed by atoms with Gasteiger partial charge in [0, 0.05) is 29.4 Å². The van der Waals surface area contributed by atoms with Gasteiger partial charge in [-0.05, 0) is 30.7 Å². The molecule has 1 aliphatic heterocycles. The van der Waals surface area contributed by atoms with Crippen LogP contribution < -0.4 is 5.32 Å². The van der Waals surface area contributed by atoms with E-state index >= 15 is 0 Å². The van der Waals surface area contributed by atoms with E-state index in [0.717, 1.165) is 15.7 Å². The highest BCUT2D eigenvalue weighted by Crippen LogP contribution is 2.40. The Labute approximate surface area is 124 Å². The zero-order valence-electron chi connectivity index (χ0n) is 11.1. The molecule has 0 unspecified atom stereocenters. The maximum absolute atomic E-state index is 14.1. The summed E-state index contributed by atoms with van der Waals surface area (Å²) in [7, 11) is 1.77. The summed E-state index contributed by atoms with van der Waals surface area (Å²) < 4.78 is 16.6. The number of halogens is 2. The Bertz CT molecular complexity index is 711. The van der Waals surface area contributed by atoms with Crippen molar-refractivity contribution in [2.75, 3.05) is 5.32 Å². The number of hydrogen-bond donors (Lipinski definition) is 1. The Balaban J connectivity index is 2.20. The van der Waals surface area contributed by atoms with Crippen LogP contribution in [0.3, 0.4) is 0 Å². The molecule has 0 aliphatic carbocycles. The SMILES string of the molecule is Cc1nn(C)c2c1[C@@H](c1cc(Br)ccc1F)CC(=O)N2. The molecule has 0 saturated heterocycles. The Morgan fingerprint density at radius 1 is 1.50 bits per heavy atom. The zero-order valence-corrected chi connectivity index (χ0v) is 12.7. The van der Waals surface area contributed by atoms with Gasteiger partial charge in [-0.15, -0.1) is 0 Å². The summed E-state index contributed by atoms with van der Waals surface area (Å²) in [5.74, 6) is -0.0694. The van der Waals surface area contributed by atoms with Crippen LogP contribution in [0, 0.1) is 12.7 Å². The van der Waals surface area contributed by atoms with Gasteiger partial charge in [0.05, 0.1) is 5.69 Å². The average molecular weight is 338 g/mol. The van der Waals surface area contributed by atoms with Crippen LogP contribution in [0.1, 0.15) is 29.2 Å². The molecule has 1 amide bonds. The highest BCUT2D eigenvalue weighted by atomic mass is 79.9. The number of fused-ring (bicyclic) bond motifs is 1. The van der Waals surface area contributed by atoms with Gasteiger partial charge in [0.2, 0.25) is 5.91 Å². The summed E-state index contributed by atoms with van der Waals surface area (Å²) in [5, 5.41) is 7.13. The Morgan fingerprint density at radius 2 is 2.25 bits per heavy atom. The molecule has 1 N–H and O–H groups in total. The van der Waals surface area contributed by atoms with Crippen molar-refractivity contribution in [2.24, 2.45) is 7.05 Å². The standard InChI is InChI=1S/C14H13BrFN3O/c1-7-13-10(9-5-8(15)3-4-11(9)16)6-12(20)17-14(13)19(2)18-7/h3-5,10H,6H2,1-2H3,(H,17,20)/t10-/m1/s1. The van der Waals surface area contributed by atoms with E-state index in [-0.39, 0.29) is 24.1 Å². The second kappa shape index (κ2) is 4.70. The third-order valence-electron chi connectivity index (χ3n) is 3.60. The third kappa shape index (κ3) is 2.04. The van der Waals surface area contributed by atoms with Gasteiger partial charge >= 0.3 is 0 Å². The first-order valence-corrected chi connectivity index (χ1v) is 7.05. The van der Waals surface area contributed by atoms with Gasteiger partial charge in [0.1, 0.15) is 11.6 Å². The predicted molar refractivity (Wildman–Crippen MR) is 77.1 cm³/mol. The summed E-state index contributed by atoms with van der Waals surface area (Å²) in [6, 6.07) is 4.80. The molecular formula is C14H13BrFN3O. The highest BCUT2D eigenvalue weighted by molar-refractivity contribution is 9.10. The molecule has 104 valence electrons. The maximum atomic E-state index is 14.1. The van der Waals surface area contributed by atoms with Crippen molar-refractivity contribution < 1.29 is 9.18 Å². The number of anilines is 1. The molecule has 1 aliphatic rings. The lowest BCUT2D eigenvalue weighted by atomic mass is 9.85. The normalized spacial score (nSPS) is 17.8. The second-order valence-electron chi connectivity index (χ2n) is 4.94. The van der Waals surface area contributed by atoms with Gasteiger partial charge in [-0.2, -0.15) is 5.10 Å². The fraction of sp³-hybridized carbons (Fsp3) is 0.286. The average Bonchev–Trinajstić information content (AvgIpc) is 2.67. The van der Waals surface area contributed by atoms with Crippen molar-refractivity contribution in [3.8, 4) is 0 Å². The van der Waals surface area contributed by atoms with E-state index in [2.05, 4.69) is 26.3 Å². The number of benzene rings is 1. The molecule has 1 atom stereocenters. The van der Waals surface area contributed by atoms with Crippen LogP contribution >= 0.6 is 15.9 Å². The lowest BCUT2D eigenvalue weighted by molar-refractivity contribution is -0.116. The van der Waals surface area contributed by atoms with Crippen LogP contribution in [-0.2, 0) is 11.8 Å². The van der Waals surface area contributed by atoms with Crippen molar-refractivity contribution >= 4 is 27.7 Å². The van der Waals surface area contributed by atoms with E-state index in [1.54, 1.807) is 23.9 Å². The van der Waals surface area contributed by atoms with Crippen molar-refractivity contribution in [2.45, 2.75) is 19.3 Å². The van der Waals surface area contributed by atoms with Crippen LogP contribution in [-0.4, -0.2) is 15.7 Å². The number of carbonyl (C=O) groups excluding carboxylic acids is 1. The summed E-state index contributed by atoms with van der Waals surface area (Å²) >= 11 is 3.35. The largest absolute Gasteiger partial charge is 0.311 e. The number of aromatic nitrogens is 2. The third-order valence-corrected chi connectivity index (χ3v) is 4.09. The highest BCUT2D eigenvalue weighted by Gasteiger charge is 2.33. The lowest BCUT2D eigenvalue weighted by Crippen LogP contribution is -2.25. The molecule has 0 bridgehead atoms. The van der Waals surface area contributed by atoms with Crippen LogP contribution in [0.2, 0.25) is 0 Å². The molecule has 3 rings (SSSR count). The fourth-order valence-electron chi connectivity index (χ4n) is 2.76. The van der Waals surface area contributed by atoms with Crippen molar-refractivity contribution in [1.82, 2.24) is 9.78 Å². The fourth-order valence-corrected chi connectivity index (χ4v) is 3.14. The molecule has 0 fully saturated rings. The number of carbonyl (C=O) groups is 1. The predicted octanol–water partition coefficient (Wildman–Crippen LogP) is 3.10. The zero-order chi connectivity index (χ0) is 14.4. The second-order valence-corrected chi connectivity index (χ2v) is 5.86. The summed E-state index contributed by atoms with van der Waals surface area (Å²) in [6.45, 7) is 1.87. The van der Waals surface area contributed by atoms with E-state index in [1.807, 2.05) is 6.92 Å². The first-order chi connectivity index (χ1) is 9.47. The number of rotatable bonds is 1. The van der Waals surface area contributed by atoms with Crippen LogP contribution in [0.25, 0.3) is 0 Å². The minimum atomic E-state index is -0.304. The van der Waals surface area contributed by atoms with Crippen molar-refractivity contribution in [1.29, 1.82) is 0 Å². The van der Waals surface area contributed by atoms with E-state index < -0.39 is 0 Å². The van der Waals surface area contributed by atoms with Gasteiger partial charge in [-0.1, -0.05) is 15.9 Å². The first kappa shape index (κ1) is 13.3. The van der Waals surface area contributed by atoms with Crippen LogP contribution in [0.4, 0.5) is 10.2 Å². The first-order valence-electron chi connectivity index (χ1n) is 6.25. The molecule has 0 saturated carbocycles. The molecule has 20 heavy (non-hydrogen) atoms. The van der Waals surface area contributed by atoms with Crippen molar-refractivity contribution in [3.63, 3.8) is 0 Å². The molecule has 2 aromatic rings. The Hall–Kier alpha value is -1.69. The van der Waals surface area contributed by atoms with Gasteiger partial charge < -0.3 is 5.32 Å². The summed E-state index contributed by atoms with van der Waals surface area (Å²) in [6.07, 6.45) is 0.229. The summed E-state index contributed by atoms with van der Waals surface area (Å²) in [4.78, 5) is 11.9. The number of aryl methyl sites for hydroxylation is 2. The van der Waals surface area contributed by atoms with Crippen LogP contribution in [0.15, 0.2) is 22.7 Å². The monoisotopic (exact) mass is 337 g/mol. The lowest BCUT2D eigenvalue weighted by Gasteiger charge is -2.24. The molecule has 1 aromatic carbocycles. The van der Waals surface area contributed by atoms with Gasteiger partial charge in [-0.3, -0.25) is 9.48 Å². The minimum absolute atomic E-state index is 0.120. The summed E-state index contributed by atoms with van der Waals surface area (Å²) in [5.41, 5.74) is 2.22. The molecule has 2 heterocycles. The van der Waals surface area contributed by atoms with E-state index in [4.69, 9.17) is 0 Å². The molecule has 0 radical (unpaired) electrons. The van der Waals surface area contributed by atoms with Crippen molar-refractivity contribution in [3.05, 3.63) is 45.3 Å². The van der Waals surface area contributed by atoms with Crippen LogP contribution in [0.5, 0.6) is 0 Å². The van der Waals surface area contributed by atoms with E-state index in [0.29, 0.717) is 11.4 Å². The molecular weight excluding hydrogens is 325 g/mol.